The molecule has 0 saturated carbocycles. The zero-order valence-corrected chi connectivity index (χ0v) is 20.9. The van der Waals surface area contributed by atoms with Crippen LogP contribution in [0.4, 0.5) is 23.1 Å². The lowest BCUT2D eigenvalue weighted by atomic mass is 10.1. The van der Waals surface area contributed by atoms with Gasteiger partial charge >= 0.3 is 0 Å². The Hall–Kier alpha value is -4.37. The molecular formula is C28H29N7O2. The summed E-state index contributed by atoms with van der Waals surface area (Å²) >= 11 is 0. The minimum absolute atomic E-state index is 0.168. The maximum Gasteiger partial charge on any atom is 0.270 e. The fourth-order valence-electron chi connectivity index (χ4n) is 4.13. The van der Waals surface area contributed by atoms with E-state index in [1.54, 1.807) is 18.3 Å². The van der Waals surface area contributed by atoms with Gasteiger partial charge in [0.15, 0.2) is 0 Å². The number of aromatic hydroxyl groups is 1. The molecule has 1 saturated heterocycles. The number of nitrogens with one attached hydrogen (secondary N) is 1. The van der Waals surface area contributed by atoms with E-state index in [4.69, 9.17) is 4.74 Å². The van der Waals surface area contributed by atoms with Crippen LogP contribution in [0.15, 0.2) is 83.2 Å². The van der Waals surface area contributed by atoms with E-state index in [0.29, 0.717) is 19.1 Å². The van der Waals surface area contributed by atoms with E-state index in [1.165, 1.54) is 0 Å². The van der Waals surface area contributed by atoms with Crippen LogP contribution in [0, 0.1) is 6.92 Å². The summed E-state index contributed by atoms with van der Waals surface area (Å²) in [5, 5.41) is 21.6. The Morgan fingerprint density at radius 2 is 1.86 bits per heavy atom. The van der Waals surface area contributed by atoms with Crippen LogP contribution in [-0.4, -0.2) is 45.9 Å². The largest absolute Gasteiger partial charge is 0.508 e. The van der Waals surface area contributed by atoms with Crippen molar-refractivity contribution in [2.75, 3.05) is 29.9 Å². The number of anilines is 3. The quantitative estimate of drug-likeness (QED) is 0.312. The van der Waals surface area contributed by atoms with Gasteiger partial charge in [-0.25, -0.2) is 4.98 Å². The average molecular weight is 496 g/mol. The highest BCUT2D eigenvalue weighted by atomic mass is 16.5. The second-order valence-electron chi connectivity index (χ2n) is 8.99. The minimum Gasteiger partial charge on any atom is -0.508 e. The molecule has 2 aromatic heterocycles. The van der Waals surface area contributed by atoms with Crippen LogP contribution in [0.2, 0.25) is 0 Å². The first-order valence-corrected chi connectivity index (χ1v) is 12.2. The van der Waals surface area contributed by atoms with Gasteiger partial charge in [-0.15, -0.1) is 5.11 Å². The number of phenolic OH excluding ortho intramolecular Hbond substituents is 1. The van der Waals surface area contributed by atoms with Crippen molar-refractivity contribution in [1.29, 1.82) is 0 Å². The van der Waals surface area contributed by atoms with E-state index in [2.05, 4.69) is 42.3 Å². The molecule has 1 aliphatic rings. The topological polar surface area (TPSA) is 108 Å². The fourth-order valence-corrected chi connectivity index (χ4v) is 4.13. The van der Waals surface area contributed by atoms with Gasteiger partial charge in [0.2, 0.25) is 0 Å². The lowest BCUT2D eigenvalue weighted by Crippen LogP contribution is -2.41. The molecule has 188 valence electrons. The summed E-state index contributed by atoms with van der Waals surface area (Å²) < 4.78 is 5.62. The average Bonchev–Trinajstić information content (AvgIpc) is 2.90. The highest BCUT2D eigenvalue weighted by molar-refractivity contribution is 5.69. The number of phenols is 1. The number of azo groups is 1. The molecule has 0 spiro atoms. The summed E-state index contributed by atoms with van der Waals surface area (Å²) in [5.41, 5.74) is 5.46. The maximum absolute atomic E-state index is 9.69. The van der Waals surface area contributed by atoms with Gasteiger partial charge in [-0.3, -0.25) is 4.98 Å². The molecule has 9 nitrogen and oxygen atoms in total. The Bertz CT molecular complexity index is 1370. The Kier molecular flexibility index (Phi) is 7.32. The summed E-state index contributed by atoms with van der Waals surface area (Å²) in [6.45, 7) is 6.59. The van der Waals surface area contributed by atoms with Crippen LogP contribution >= 0.6 is 0 Å². The van der Waals surface area contributed by atoms with Crippen LogP contribution in [0.25, 0.3) is 11.1 Å². The Labute approximate surface area is 215 Å². The number of aryl methyl sites for hydroxylation is 1. The number of morpholine rings is 1. The van der Waals surface area contributed by atoms with Gasteiger partial charge in [-0.05, 0) is 61.4 Å². The van der Waals surface area contributed by atoms with Crippen LogP contribution in [-0.2, 0) is 11.3 Å². The van der Waals surface area contributed by atoms with Crippen LogP contribution in [0.1, 0.15) is 18.3 Å². The van der Waals surface area contributed by atoms with Crippen molar-refractivity contribution in [2.45, 2.75) is 26.5 Å². The SMILES string of the molecule is Cc1cc(N2CCOC(C)C2)nc(N=NCc2ccc(Nc3ccc(-c4cccc(O)c4)cc3)cn2)n1. The monoisotopic (exact) mass is 495 g/mol. The summed E-state index contributed by atoms with van der Waals surface area (Å²) in [6, 6.07) is 21.1. The third-order valence-electron chi connectivity index (χ3n) is 5.96. The lowest BCUT2D eigenvalue weighted by Gasteiger charge is -2.32. The maximum atomic E-state index is 9.69. The van der Waals surface area contributed by atoms with E-state index in [9.17, 15) is 5.11 Å². The molecule has 0 amide bonds. The van der Waals surface area contributed by atoms with Crippen molar-refractivity contribution < 1.29 is 9.84 Å². The van der Waals surface area contributed by atoms with Crippen LogP contribution in [0.3, 0.4) is 0 Å². The van der Waals surface area contributed by atoms with E-state index < -0.39 is 0 Å². The summed E-state index contributed by atoms with van der Waals surface area (Å²) in [7, 11) is 0. The molecular weight excluding hydrogens is 466 g/mol. The number of pyridine rings is 1. The van der Waals surface area contributed by atoms with Crippen LogP contribution in [0.5, 0.6) is 5.75 Å². The number of hydrogen-bond donors (Lipinski definition) is 2. The highest BCUT2D eigenvalue weighted by Crippen LogP contribution is 2.26. The number of hydrogen-bond acceptors (Lipinski definition) is 9. The second-order valence-corrected chi connectivity index (χ2v) is 8.99. The van der Waals surface area contributed by atoms with E-state index >= 15 is 0 Å². The standard InChI is InChI=1S/C28H29N7O2/c1-19-14-27(35-12-13-37-20(2)18-35)33-28(31-19)34-30-17-24-10-11-25(16-29-24)32-23-8-6-21(7-9-23)22-4-3-5-26(36)15-22/h3-11,14-16,20,32,36H,12-13,17-18H2,1-2H3. The van der Waals surface area contributed by atoms with Crippen LogP contribution < -0.4 is 10.2 Å². The zero-order valence-electron chi connectivity index (χ0n) is 20.9. The van der Waals surface area contributed by atoms with Crippen molar-refractivity contribution in [3.05, 3.63) is 84.3 Å². The second kappa shape index (κ2) is 11.1. The Balaban J connectivity index is 1.18. The molecule has 2 N–H and O–H groups in total. The number of ether oxygens (including phenoxy) is 1. The van der Waals surface area contributed by atoms with E-state index in [1.807, 2.05) is 61.5 Å². The van der Waals surface area contributed by atoms with Crippen molar-refractivity contribution in [3.8, 4) is 16.9 Å². The minimum atomic E-state index is 0.168. The van der Waals surface area contributed by atoms with E-state index in [0.717, 1.165) is 52.8 Å². The number of nitrogens with zero attached hydrogens (tertiary/aromatic N) is 6. The predicted octanol–water partition coefficient (Wildman–Crippen LogP) is 5.81. The third kappa shape index (κ3) is 6.45. The van der Waals surface area contributed by atoms with Crippen molar-refractivity contribution >= 4 is 23.1 Å². The molecule has 9 heteroatoms. The Morgan fingerprint density at radius 3 is 2.62 bits per heavy atom. The first-order valence-electron chi connectivity index (χ1n) is 12.2. The number of aromatic nitrogens is 3. The summed E-state index contributed by atoms with van der Waals surface area (Å²) in [4.78, 5) is 15.6. The molecule has 0 bridgehead atoms. The van der Waals surface area contributed by atoms with E-state index in [-0.39, 0.29) is 11.9 Å². The predicted molar refractivity (Wildman–Crippen MR) is 144 cm³/mol. The Morgan fingerprint density at radius 1 is 1.03 bits per heavy atom. The molecule has 1 aliphatic heterocycles. The van der Waals surface area contributed by atoms with Crippen molar-refractivity contribution in [1.82, 2.24) is 15.0 Å². The zero-order chi connectivity index (χ0) is 25.6. The van der Waals surface area contributed by atoms with Gasteiger partial charge < -0.3 is 20.1 Å². The van der Waals surface area contributed by atoms with Gasteiger partial charge in [0.1, 0.15) is 18.1 Å². The van der Waals surface area contributed by atoms with Crippen molar-refractivity contribution in [3.63, 3.8) is 0 Å². The molecule has 5 rings (SSSR count). The number of benzene rings is 2. The first-order chi connectivity index (χ1) is 18.0. The third-order valence-corrected chi connectivity index (χ3v) is 5.96. The van der Waals surface area contributed by atoms with Crippen molar-refractivity contribution in [2.24, 2.45) is 10.2 Å². The molecule has 1 fully saturated rings. The molecule has 0 radical (unpaired) electrons. The molecule has 1 atom stereocenters. The molecule has 1 unspecified atom stereocenters. The van der Waals surface area contributed by atoms with Gasteiger partial charge in [0.25, 0.3) is 5.95 Å². The fraction of sp³-hybridized carbons (Fsp3) is 0.250. The molecule has 0 aliphatic carbocycles. The highest BCUT2D eigenvalue weighted by Gasteiger charge is 2.19. The molecule has 2 aromatic carbocycles. The normalized spacial score (nSPS) is 15.7. The first kappa shape index (κ1) is 24.3. The van der Waals surface area contributed by atoms with Gasteiger partial charge in [0.05, 0.1) is 30.3 Å². The molecule has 4 aromatic rings. The summed E-state index contributed by atoms with van der Waals surface area (Å²) in [5.74, 6) is 1.45. The lowest BCUT2D eigenvalue weighted by molar-refractivity contribution is 0.0529. The molecule has 3 heterocycles. The van der Waals surface area contributed by atoms with Gasteiger partial charge in [0, 0.05) is 30.5 Å². The smallest absolute Gasteiger partial charge is 0.270 e. The van der Waals surface area contributed by atoms with Gasteiger partial charge in [-0.2, -0.15) is 10.1 Å². The summed E-state index contributed by atoms with van der Waals surface area (Å²) in [6.07, 6.45) is 1.94. The number of rotatable bonds is 7. The molecule has 37 heavy (non-hydrogen) atoms. The van der Waals surface area contributed by atoms with Gasteiger partial charge in [-0.1, -0.05) is 24.3 Å².